The van der Waals surface area contributed by atoms with Crippen LogP contribution < -0.4 is 4.90 Å². The van der Waals surface area contributed by atoms with Gasteiger partial charge in [-0.05, 0) is 53.8 Å². The lowest BCUT2D eigenvalue weighted by Crippen LogP contribution is -2.45. The molecule has 1 aliphatic heterocycles. The summed E-state index contributed by atoms with van der Waals surface area (Å²) in [7, 11) is 0. The van der Waals surface area contributed by atoms with E-state index in [1.807, 2.05) is 79.7 Å². The number of ketones is 1. The maximum absolute atomic E-state index is 13.8. The number of hydrogen-bond donors (Lipinski definition) is 0. The molecule has 0 spiro atoms. The molecule has 0 saturated heterocycles. The third kappa shape index (κ3) is 4.06. The summed E-state index contributed by atoms with van der Waals surface area (Å²) < 4.78 is 0. The summed E-state index contributed by atoms with van der Waals surface area (Å²) in [4.78, 5) is 34.0. The number of hydrogen-bond acceptors (Lipinski definition) is 3. The van der Waals surface area contributed by atoms with Gasteiger partial charge in [0.15, 0.2) is 0 Å². The van der Waals surface area contributed by atoms with Crippen molar-refractivity contribution >= 4 is 52.0 Å². The molecule has 2 aliphatic rings. The Balaban J connectivity index is 1.69. The number of halogens is 2. The lowest BCUT2D eigenvalue weighted by Gasteiger charge is -2.39. The second-order valence-corrected chi connectivity index (χ2v) is 9.62. The lowest BCUT2D eigenvalue weighted by atomic mass is 9.72. The molecule has 5 rings (SSSR count). The van der Waals surface area contributed by atoms with Crippen molar-refractivity contribution in [2.45, 2.75) is 38.1 Å². The molecule has 0 N–H and O–H groups in total. The molecule has 3 aromatic carbocycles. The minimum absolute atomic E-state index is 0.00671. The van der Waals surface area contributed by atoms with E-state index in [9.17, 15) is 9.59 Å². The van der Waals surface area contributed by atoms with E-state index in [0.29, 0.717) is 40.7 Å². The van der Waals surface area contributed by atoms with Gasteiger partial charge in [0.2, 0.25) is 5.91 Å². The van der Waals surface area contributed by atoms with E-state index in [2.05, 4.69) is 0 Å². The van der Waals surface area contributed by atoms with Crippen molar-refractivity contribution in [1.29, 1.82) is 0 Å². The number of Topliss-reactive ketones (excluding diaryl/α,β-unsaturated/α-hetero) is 1. The number of amides is 1. The van der Waals surface area contributed by atoms with Crippen molar-refractivity contribution in [3.05, 3.63) is 94.0 Å². The number of nitrogens with zero attached hydrogens (tertiary/aromatic N) is 2. The van der Waals surface area contributed by atoms with Crippen molar-refractivity contribution in [3.63, 3.8) is 0 Å². The zero-order valence-corrected chi connectivity index (χ0v) is 20.3. The van der Waals surface area contributed by atoms with Crippen LogP contribution in [0.4, 0.5) is 11.4 Å². The van der Waals surface area contributed by atoms with Crippen LogP contribution >= 0.6 is 23.2 Å². The number of para-hydroxylation sites is 2. The standard InChI is InChI=1S/C28H24Cl2N2O2/c1-2-26(34)32-24-10-6-5-9-22(24)31-23-15-18(17-11-13-19(29)14-12-17)16-25(33)27(23)28(32)20-7-3-4-8-21(20)30/h3-14,18,27-28H,2,15-16H2,1H3. The van der Waals surface area contributed by atoms with Gasteiger partial charge < -0.3 is 4.90 Å². The monoisotopic (exact) mass is 490 g/mol. The van der Waals surface area contributed by atoms with E-state index in [0.717, 1.165) is 16.8 Å². The van der Waals surface area contributed by atoms with Crippen molar-refractivity contribution in [2.75, 3.05) is 4.90 Å². The molecule has 0 aromatic heterocycles. The highest BCUT2D eigenvalue weighted by atomic mass is 35.5. The van der Waals surface area contributed by atoms with Crippen LogP contribution in [0.3, 0.4) is 0 Å². The molecule has 1 fully saturated rings. The van der Waals surface area contributed by atoms with Crippen LogP contribution in [-0.4, -0.2) is 17.4 Å². The Morgan fingerprint density at radius 1 is 0.971 bits per heavy atom. The lowest BCUT2D eigenvalue weighted by molar-refractivity contribution is -0.123. The van der Waals surface area contributed by atoms with Crippen molar-refractivity contribution < 1.29 is 9.59 Å². The zero-order chi connectivity index (χ0) is 23.8. The van der Waals surface area contributed by atoms with Gasteiger partial charge in [0.05, 0.1) is 23.3 Å². The van der Waals surface area contributed by atoms with Crippen LogP contribution in [0.2, 0.25) is 10.0 Å². The second kappa shape index (κ2) is 9.36. The Morgan fingerprint density at radius 3 is 2.41 bits per heavy atom. The summed E-state index contributed by atoms with van der Waals surface area (Å²) in [6.45, 7) is 1.83. The van der Waals surface area contributed by atoms with Crippen LogP contribution in [0.15, 0.2) is 77.8 Å². The van der Waals surface area contributed by atoms with Gasteiger partial charge >= 0.3 is 0 Å². The van der Waals surface area contributed by atoms with Crippen molar-refractivity contribution in [2.24, 2.45) is 10.9 Å². The number of anilines is 1. The molecule has 172 valence electrons. The molecule has 3 unspecified atom stereocenters. The summed E-state index contributed by atoms with van der Waals surface area (Å²) in [6, 6.07) is 22.2. The Morgan fingerprint density at radius 2 is 1.68 bits per heavy atom. The highest BCUT2D eigenvalue weighted by Crippen LogP contribution is 2.48. The van der Waals surface area contributed by atoms with E-state index in [-0.39, 0.29) is 17.6 Å². The van der Waals surface area contributed by atoms with Gasteiger partial charge in [-0.3, -0.25) is 14.6 Å². The van der Waals surface area contributed by atoms with Gasteiger partial charge in [0.25, 0.3) is 0 Å². The molecule has 4 nitrogen and oxygen atoms in total. The van der Waals surface area contributed by atoms with Gasteiger partial charge in [0, 0.05) is 28.6 Å². The zero-order valence-electron chi connectivity index (χ0n) is 18.7. The average Bonchev–Trinajstić information content (AvgIpc) is 2.99. The molecular weight excluding hydrogens is 467 g/mol. The first kappa shape index (κ1) is 22.8. The average molecular weight is 491 g/mol. The molecule has 0 bridgehead atoms. The van der Waals surface area contributed by atoms with Gasteiger partial charge in [-0.1, -0.05) is 72.6 Å². The molecular formula is C28H24Cl2N2O2. The van der Waals surface area contributed by atoms with Crippen molar-refractivity contribution in [3.8, 4) is 0 Å². The number of benzene rings is 3. The number of carbonyl (C=O) groups is 2. The Hall–Kier alpha value is -2.95. The third-order valence-corrected chi connectivity index (χ3v) is 7.34. The summed E-state index contributed by atoms with van der Waals surface area (Å²) in [5, 5.41) is 1.20. The quantitative estimate of drug-likeness (QED) is 0.385. The largest absolute Gasteiger partial charge is 0.302 e. The first-order chi connectivity index (χ1) is 16.5. The van der Waals surface area contributed by atoms with Gasteiger partial charge in [-0.2, -0.15) is 0 Å². The Kier molecular flexibility index (Phi) is 6.28. The molecule has 1 aliphatic carbocycles. The van der Waals surface area contributed by atoms with Gasteiger partial charge in [0.1, 0.15) is 5.78 Å². The SMILES string of the molecule is CCC(=O)N1c2ccccc2N=C2CC(c3ccc(Cl)cc3)CC(=O)C2C1c1ccccc1Cl. The van der Waals surface area contributed by atoms with E-state index in [1.54, 1.807) is 4.90 Å². The fraction of sp³-hybridized carbons (Fsp3) is 0.250. The minimum Gasteiger partial charge on any atom is -0.302 e. The predicted octanol–water partition coefficient (Wildman–Crippen LogP) is 7.33. The van der Waals surface area contributed by atoms with Crippen molar-refractivity contribution in [1.82, 2.24) is 0 Å². The molecule has 1 heterocycles. The normalized spacial score (nSPS) is 21.9. The van der Waals surface area contributed by atoms with Crippen LogP contribution in [0.1, 0.15) is 49.3 Å². The third-order valence-electron chi connectivity index (χ3n) is 6.74. The van der Waals surface area contributed by atoms with Gasteiger partial charge in [-0.15, -0.1) is 0 Å². The molecule has 3 aromatic rings. The van der Waals surface area contributed by atoms with Crippen LogP contribution in [0, 0.1) is 5.92 Å². The molecule has 1 saturated carbocycles. The van der Waals surface area contributed by atoms with E-state index in [4.69, 9.17) is 28.2 Å². The fourth-order valence-corrected chi connectivity index (χ4v) is 5.53. The molecule has 3 atom stereocenters. The maximum Gasteiger partial charge on any atom is 0.227 e. The molecule has 0 radical (unpaired) electrons. The first-order valence-electron chi connectivity index (χ1n) is 11.5. The van der Waals surface area contributed by atoms with Crippen LogP contribution in [-0.2, 0) is 9.59 Å². The molecule has 1 amide bonds. The smallest absolute Gasteiger partial charge is 0.227 e. The number of fused-ring (bicyclic) bond motifs is 2. The Bertz CT molecular complexity index is 1290. The second-order valence-electron chi connectivity index (χ2n) is 8.78. The topological polar surface area (TPSA) is 49.7 Å². The first-order valence-corrected chi connectivity index (χ1v) is 12.2. The number of rotatable bonds is 3. The van der Waals surface area contributed by atoms with E-state index >= 15 is 0 Å². The summed E-state index contributed by atoms with van der Waals surface area (Å²) in [5.41, 5.74) is 4.02. The fourth-order valence-electron chi connectivity index (χ4n) is 5.16. The van der Waals surface area contributed by atoms with E-state index in [1.165, 1.54) is 0 Å². The maximum atomic E-state index is 13.8. The molecule has 6 heteroatoms. The summed E-state index contributed by atoms with van der Waals surface area (Å²) in [5.74, 6) is -0.559. The minimum atomic E-state index is -0.564. The number of aliphatic imine (C=N–C) groups is 1. The highest BCUT2D eigenvalue weighted by molar-refractivity contribution is 6.31. The van der Waals surface area contributed by atoms with Gasteiger partial charge in [-0.25, -0.2) is 0 Å². The summed E-state index contributed by atoms with van der Waals surface area (Å²) in [6.07, 6.45) is 1.30. The summed E-state index contributed by atoms with van der Waals surface area (Å²) >= 11 is 12.8. The van der Waals surface area contributed by atoms with Crippen LogP contribution in [0.5, 0.6) is 0 Å². The predicted molar refractivity (Wildman–Crippen MR) is 137 cm³/mol. The number of carbonyl (C=O) groups excluding carboxylic acids is 2. The Labute approximate surface area is 209 Å². The molecule has 34 heavy (non-hydrogen) atoms. The van der Waals surface area contributed by atoms with Crippen LogP contribution in [0.25, 0.3) is 0 Å². The van der Waals surface area contributed by atoms with E-state index < -0.39 is 12.0 Å². The highest BCUT2D eigenvalue weighted by Gasteiger charge is 2.46.